The van der Waals surface area contributed by atoms with E-state index in [1.165, 1.54) is 11.0 Å². The molecule has 0 aromatic heterocycles. The monoisotopic (exact) mass is 443 g/mol. The van der Waals surface area contributed by atoms with Crippen molar-refractivity contribution in [2.24, 2.45) is 4.99 Å². The van der Waals surface area contributed by atoms with Crippen molar-refractivity contribution >= 4 is 28.7 Å². The van der Waals surface area contributed by atoms with E-state index in [0.717, 1.165) is 54.2 Å². The number of para-hydroxylation sites is 2. The Kier molecular flexibility index (Phi) is 5.68. The van der Waals surface area contributed by atoms with Crippen LogP contribution >= 0.6 is 0 Å². The van der Waals surface area contributed by atoms with Gasteiger partial charge in [0.2, 0.25) is 0 Å². The first kappa shape index (κ1) is 21.3. The molecular formula is C27H28FN4O+. The molecule has 168 valence electrons. The molecule has 0 unspecified atom stereocenters. The quantitative estimate of drug-likeness (QED) is 0.673. The summed E-state index contributed by atoms with van der Waals surface area (Å²) in [6.07, 6.45) is 0. The zero-order valence-electron chi connectivity index (χ0n) is 19.0. The van der Waals surface area contributed by atoms with Crippen molar-refractivity contribution in [3.8, 4) is 0 Å². The van der Waals surface area contributed by atoms with Gasteiger partial charge < -0.3 is 9.80 Å². The Balaban J connectivity index is 1.35. The van der Waals surface area contributed by atoms with Crippen LogP contribution in [0.25, 0.3) is 0 Å². The number of hydrogen-bond acceptors (Lipinski definition) is 3. The highest BCUT2D eigenvalue weighted by atomic mass is 19.1. The van der Waals surface area contributed by atoms with Crippen LogP contribution in [0.2, 0.25) is 0 Å². The molecule has 0 bridgehead atoms. The fourth-order valence-electron chi connectivity index (χ4n) is 4.82. The maximum Gasteiger partial charge on any atom is 0.281 e. The van der Waals surface area contributed by atoms with Gasteiger partial charge in [-0.05, 0) is 55.3 Å². The first-order valence-corrected chi connectivity index (χ1v) is 11.4. The lowest BCUT2D eigenvalue weighted by atomic mass is 10.1. The van der Waals surface area contributed by atoms with Crippen molar-refractivity contribution in [2.45, 2.75) is 13.8 Å². The van der Waals surface area contributed by atoms with Crippen molar-refractivity contribution in [3.05, 3.63) is 89.2 Å². The molecule has 3 aromatic carbocycles. The van der Waals surface area contributed by atoms with Crippen LogP contribution in [0.3, 0.4) is 0 Å². The normalized spacial score (nSPS) is 17.7. The summed E-state index contributed by atoms with van der Waals surface area (Å²) in [6.45, 7) is 7.84. The average Bonchev–Trinajstić information content (AvgIpc) is 3.05. The van der Waals surface area contributed by atoms with Gasteiger partial charge in [-0.25, -0.2) is 9.38 Å². The molecule has 2 heterocycles. The number of nitrogens with zero attached hydrogens (tertiary/aromatic N) is 3. The van der Waals surface area contributed by atoms with E-state index in [4.69, 9.17) is 4.99 Å². The van der Waals surface area contributed by atoms with Crippen LogP contribution in [-0.2, 0) is 4.79 Å². The van der Waals surface area contributed by atoms with E-state index in [9.17, 15) is 9.18 Å². The molecule has 1 amide bonds. The van der Waals surface area contributed by atoms with Crippen LogP contribution in [0.5, 0.6) is 0 Å². The molecule has 6 heteroatoms. The minimum absolute atomic E-state index is 0.0561. The van der Waals surface area contributed by atoms with Crippen molar-refractivity contribution in [3.63, 3.8) is 0 Å². The van der Waals surface area contributed by atoms with Gasteiger partial charge >= 0.3 is 0 Å². The van der Waals surface area contributed by atoms with Gasteiger partial charge in [-0.15, -0.1) is 0 Å². The number of nitrogens with one attached hydrogen (secondary N) is 1. The molecule has 33 heavy (non-hydrogen) atoms. The molecule has 0 saturated carbocycles. The number of carbonyl (C=O) groups is 1. The van der Waals surface area contributed by atoms with E-state index < -0.39 is 0 Å². The van der Waals surface area contributed by atoms with Crippen LogP contribution in [0.15, 0.2) is 71.7 Å². The van der Waals surface area contributed by atoms with E-state index in [1.807, 2.05) is 67.3 Å². The third-order valence-electron chi connectivity index (χ3n) is 6.39. The minimum atomic E-state index is -0.183. The third-order valence-corrected chi connectivity index (χ3v) is 6.39. The van der Waals surface area contributed by atoms with Crippen LogP contribution in [0.4, 0.5) is 21.5 Å². The largest absolute Gasteiger partial charge is 0.358 e. The molecule has 1 N–H and O–H groups in total. The highest BCUT2D eigenvalue weighted by molar-refractivity contribution is 6.54. The number of carbonyl (C=O) groups excluding carboxylic acids is 1. The van der Waals surface area contributed by atoms with E-state index in [2.05, 4.69) is 11.0 Å². The number of rotatable bonds is 4. The second-order valence-electron chi connectivity index (χ2n) is 8.90. The molecule has 2 aliphatic heterocycles. The van der Waals surface area contributed by atoms with Gasteiger partial charge in [-0.2, -0.15) is 0 Å². The number of amides is 1. The van der Waals surface area contributed by atoms with Crippen molar-refractivity contribution in [1.82, 2.24) is 0 Å². The minimum Gasteiger partial charge on any atom is -0.358 e. The van der Waals surface area contributed by atoms with E-state index in [1.54, 1.807) is 6.07 Å². The second-order valence-corrected chi connectivity index (χ2v) is 8.90. The fourth-order valence-corrected chi connectivity index (χ4v) is 4.82. The molecule has 0 spiro atoms. The van der Waals surface area contributed by atoms with Gasteiger partial charge in [0, 0.05) is 5.56 Å². The standard InChI is InChI=1S/C27H27FN4O/c1-19-15-20(2)17-21(16-19)29-26-22-7-3-5-9-24(22)32(27(26)33)18-30-11-13-31(14-12-30)25-10-6-4-8-23(25)28/h3-10,15-17H,11-14,18H2,1-2H3/p+1. The summed E-state index contributed by atoms with van der Waals surface area (Å²) in [7, 11) is 0. The number of piperazine rings is 1. The lowest BCUT2D eigenvalue weighted by molar-refractivity contribution is -0.899. The SMILES string of the molecule is Cc1cc(C)cc(N=C2C(=O)N(C[NH+]3CCN(c4ccccc4F)CC3)c3ccccc32)c1. The van der Waals surface area contributed by atoms with Gasteiger partial charge in [0.25, 0.3) is 5.91 Å². The summed E-state index contributed by atoms with van der Waals surface area (Å²) in [6, 6.07) is 20.9. The van der Waals surface area contributed by atoms with Gasteiger partial charge in [0.05, 0.1) is 43.2 Å². The Morgan fingerprint density at radius 1 is 0.909 bits per heavy atom. The number of quaternary nitrogens is 1. The maximum atomic E-state index is 14.2. The molecule has 1 saturated heterocycles. The number of aryl methyl sites for hydroxylation is 2. The van der Waals surface area contributed by atoms with Gasteiger partial charge in [-0.1, -0.05) is 36.4 Å². The maximum absolute atomic E-state index is 14.2. The zero-order valence-corrected chi connectivity index (χ0v) is 19.0. The van der Waals surface area contributed by atoms with Crippen molar-refractivity contribution < 1.29 is 14.1 Å². The number of fused-ring (bicyclic) bond motifs is 1. The van der Waals surface area contributed by atoms with E-state index in [-0.39, 0.29) is 11.7 Å². The van der Waals surface area contributed by atoms with E-state index >= 15 is 0 Å². The lowest BCUT2D eigenvalue weighted by Gasteiger charge is -2.35. The number of halogens is 1. The summed E-state index contributed by atoms with van der Waals surface area (Å²) < 4.78 is 14.2. The third kappa shape index (κ3) is 4.26. The lowest BCUT2D eigenvalue weighted by Crippen LogP contribution is -3.16. The zero-order chi connectivity index (χ0) is 22.9. The molecular weight excluding hydrogens is 415 g/mol. The summed E-state index contributed by atoms with van der Waals surface area (Å²) in [5.41, 5.74) is 6.00. The molecule has 1 fully saturated rings. The fraction of sp³-hybridized carbons (Fsp3) is 0.259. The number of anilines is 2. The Bertz CT molecular complexity index is 1210. The smallest absolute Gasteiger partial charge is 0.281 e. The predicted molar refractivity (Wildman–Crippen MR) is 130 cm³/mol. The van der Waals surface area contributed by atoms with Gasteiger partial charge in [-0.3, -0.25) is 9.69 Å². The van der Waals surface area contributed by atoms with Crippen LogP contribution in [-0.4, -0.2) is 44.5 Å². The van der Waals surface area contributed by atoms with Gasteiger partial charge in [0.1, 0.15) is 11.5 Å². The second kappa shape index (κ2) is 8.79. The molecule has 2 aliphatic rings. The Morgan fingerprint density at radius 3 is 2.24 bits per heavy atom. The Hall–Kier alpha value is -3.51. The molecule has 0 atom stereocenters. The number of benzene rings is 3. The van der Waals surface area contributed by atoms with E-state index in [0.29, 0.717) is 18.1 Å². The molecule has 5 nitrogen and oxygen atoms in total. The van der Waals surface area contributed by atoms with Crippen LogP contribution in [0.1, 0.15) is 16.7 Å². The molecule has 0 aliphatic carbocycles. The first-order valence-electron chi connectivity index (χ1n) is 11.4. The molecule has 5 rings (SSSR count). The molecule has 3 aromatic rings. The first-order chi connectivity index (χ1) is 16.0. The summed E-state index contributed by atoms with van der Waals surface area (Å²) in [4.78, 5) is 23.5. The highest BCUT2D eigenvalue weighted by Crippen LogP contribution is 2.30. The van der Waals surface area contributed by atoms with Gasteiger partial charge in [0.15, 0.2) is 6.67 Å². The number of aliphatic imine (C=N–C) groups is 1. The summed E-state index contributed by atoms with van der Waals surface area (Å²) in [5.74, 6) is -0.240. The Morgan fingerprint density at radius 2 is 1.55 bits per heavy atom. The van der Waals surface area contributed by atoms with Crippen molar-refractivity contribution in [2.75, 3.05) is 42.6 Å². The average molecular weight is 444 g/mol. The summed E-state index contributed by atoms with van der Waals surface area (Å²) >= 11 is 0. The topological polar surface area (TPSA) is 40.4 Å². The highest BCUT2D eigenvalue weighted by Gasteiger charge is 2.36. The predicted octanol–water partition coefficient (Wildman–Crippen LogP) is 3.27. The number of hydrogen-bond donors (Lipinski definition) is 1. The molecule has 0 radical (unpaired) electrons. The van der Waals surface area contributed by atoms with Crippen LogP contribution < -0.4 is 14.7 Å². The Labute approximate surface area is 193 Å². The van der Waals surface area contributed by atoms with Crippen molar-refractivity contribution in [1.29, 1.82) is 0 Å². The van der Waals surface area contributed by atoms with Crippen LogP contribution in [0, 0.1) is 19.7 Å². The summed E-state index contributed by atoms with van der Waals surface area (Å²) in [5, 5.41) is 0.